The average molecular weight is 258 g/mol. The molecule has 0 aromatic heterocycles. The lowest BCUT2D eigenvalue weighted by Gasteiger charge is -2.17. The summed E-state index contributed by atoms with van der Waals surface area (Å²) in [4.78, 5) is 23.7. The number of urea groups is 1. The molecule has 2 rings (SSSR count). The van der Waals surface area contributed by atoms with E-state index in [4.69, 9.17) is 5.11 Å². The van der Waals surface area contributed by atoms with Gasteiger partial charge < -0.3 is 15.3 Å². The van der Waals surface area contributed by atoms with Gasteiger partial charge in [0, 0.05) is 24.5 Å². The summed E-state index contributed by atoms with van der Waals surface area (Å²) in [5.41, 5.74) is 0. The van der Waals surface area contributed by atoms with Gasteiger partial charge in [0.1, 0.15) is 0 Å². The van der Waals surface area contributed by atoms with Gasteiger partial charge in [-0.15, -0.1) is 0 Å². The molecule has 0 aliphatic carbocycles. The Balaban J connectivity index is 1.76. The average Bonchev–Trinajstić information content (AvgIpc) is 2.77. The van der Waals surface area contributed by atoms with Crippen LogP contribution in [0.4, 0.5) is 4.79 Å². The minimum Gasteiger partial charge on any atom is -0.481 e. The number of aliphatic carboxylic acids is 1. The monoisotopic (exact) mass is 258 g/mol. The molecular weight excluding hydrogens is 240 g/mol. The van der Waals surface area contributed by atoms with E-state index in [1.807, 2.05) is 18.8 Å². The van der Waals surface area contributed by atoms with Crippen molar-refractivity contribution in [1.82, 2.24) is 10.2 Å². The van der Waals surface area contributed by atoms with Gasteiger partial charge in [0.05, 0.1) is 12.1 Å². The van der Waals surface area contributed by atoms with E-state index in [0.29, 0.717) is 11.3 Å². The van der Waals surface area contributed by atoms with Crippen LogP contribution < -0.4 is 5.32 Å². The Hall–Kier alpha value is -0.910. The third kappa shape index (κ3) is 2.68. The highest BCUT2D eigenvalue weighted by atomic mass is 32.2. The number of rotatable bonds is 5. The molecule has 5 nitrogen and oxygen atoms in total. The molecule has 17 heavy (non-hydrogen) atoms. The maximum atomic E-state index is 11.5. The molecule has 0 spiro atoms. The van der Waals surface area contributed by atoms with Crippen molar-refractivity contribution in [3.8, 4) is 0 Å². The largest absolute Gasteiger partial charge is 0.481 e. The predicted octanol–water partition coefficient (Wildman–Crippen LogP) is 1.14. The van der Waals surface area contributed by atoms with E-state index in [-0.39, 0.29) is 18.5 Å². The van der Waals surface area contributed by atoms with E-state index in [0.717, 1.165) is 25.0 Å². The molecule has 2 N–H and O–H groups in total. The number of carbonyl (C=O) groups is 2. The van der Waals surface area contributed by atoms with Gasteiger partial charge in [0.25, 0.3) is 0 Å². The van der Waals surface area contributed by atoms with Crippen LogP contribution in [0.5, 0.6) is 0 Å². The minimum absolute atomic E-state index is 0.0239. The number of unbranched alkanes of at least 4 members (excludes halogenated alkanes) is 1. The first-order valence-corrected chi connectivity index (χ1v) is 7.01. The van der Waals surface area contributed by atoms with Gasteiger partial charge in [-0.1, -0.05) is 6.42 Å². The van der Waals surface area contributed by atoms with Gasteiger partial charge in [-0.3, -0.25) is 4.79 Å². The molecule has 0 bridgehead atoms. The second-order valence-electron chi connectivity index (χ2n) is 4.66. The van der Waals surface area contributed by atoms with Crippen molar-refractivity contribution in [3.05, 3.63) is 0 Å². The summed E-state index contributed by atoms with van der Waals surface area (Å²) in [6, 6.07) is 0.593. The van der Waals surface area contributed by atoms with Gasteiger partial charge in [-0.25, -0.2) is 4.79 Å². The predicted molar refractivity (Wildman–Crippen MR) is 66.2 cm³/mol. The van der Waals surface area contributed by atoms with Gasteiger partial charge in [0.15, 0.2) is 0 Å². The summed E-state index contributed by atoms with van der Waals surface area (Å²) >= 11 is 1.90. The number of amides is 2. The highest BCUT2D eigenvalue weighted by Crippen LogP contribution is 2.36. The Morgan fingerprint density at radius 3 is 3.06 bits per heavy atom. The van der Waals surface area contributed by atoms with E-state index >= 15 is 0 Å². The van der Waals surface area contributed by atoms with Gasteiger partial charge >= 0.3 is 12.0 Å². The summed E-state index contributed by atoms with van der Waals surface area (Å²) in [5.74, 6) is 0.264. The Labute approximate surface area is 105 Å². The Morgan fingerprint density at radius 1 is 1.59 bits per heavy atom. The molecule has 0 aromatic carbocycles. The van der Waals surface area contributed by atoms with E-state index < -0.39 is 5.97 Å². The first-order valence-electron chi connectivity index (χ1n) is 5.96. The minimum atomic E-state index is -0.726. The highest BCUT2D eigenvalue weighted by Gasteiger charge is 2.45. The van der Waals surface area contributed by atoms with Crippen LogP contribution in [0.3, 0.4) is 0 Å². The molecule has 2 saturated heterocycles. The van der Waals surface area contributed by atoms with Crippen molar-refractivity contribution in [2.45, 2.75) is 43.0 Å². The summed E-state index contributed by atoms with van der Waals surface area (Å²) < 4.78 is 0. The van der Waals surface area contributed by atoms with Crippen LogP contribution in [-0.2, 0) is 4.79 Å². The van der Waals surface area contributed by atoms with Crippen LogP contribution in [0.15, 0.2) is 0 Å². The van der Waals surface area contributed by atoms with Crippen LogP contribution in [-0.4, -0.2) is 52.1 Å². The van der Waals surface area contributed by atoms with E-state index in [1.54, 1.807) is 4.90 Å². The van der Waals surface area contributed by atoms with Crippen molar-refractivity contribution in [3.63, 3.8) is 0 Å². The zero-order chi connectivity index (χ0) is 12.4. The molecule has 6 heteroatoms. The van der Waals surface area contributed by atoms with Crippen LogP contribution in [0, 0.1) is 0 Å². The maximum absolute atomic E-state index is 11.5. The molecular formula is C11H18N2O3S. The molecule has 0 radical (unpaired) electrons. The fraction of sp³-hybridized carbons (Fsp3) is 0.818. The number of nitrogens with zero attached hydrogens (tertiary/aromatic N) is 1. The molecule has 2 heterocycles. The topological polar surface area (TPSA) is 69.6 Å². The van der Waals surface area contributed by atoms with Crippen molar-refractivity contribution >= 4 is 23.8 Å². The quantitative estimate of drug-likeness (QED) is 0.573. The Kier molecular flexibility index (Phi) is 3.81. The van der Waals surface area contributed by atoms with Crippen molar-refractivity contribution in [2.75, 3.05) is 12.8 Å². The standard InChI is InChI=1S/C11H18N2O3S/c1-13-7-6-17-8(10(7)12-11(13)16)4-2-3-5-9(14)15/h7-8,10H,2-6H2,1H3,(H,12,16)(H,14,15). The second-order valence-corrected chi connectivity index (χ2v) is 5.94. The molecule has 0 aromatic rings. The third-order valence-corrected chi connectivity index (χ3v) is 5.02. The second kappa shape index (κ2) is 5.16. The van der Waals surface area contributed by atoms with Crippen molar-refractivity contribution in [1.29, 1.82) is 0 Å². The lowest BCUT2D eigenvalue weighted by molar-refractivity contribution is -0.137. The van der Waals surface area contributed by atoms with Gasteiger partial charge in [-0.05, 0) is 12.8 Å². The van der Waals surface area contributed by atoms with E-state index in [1.165, 1.54) is 0 Å². The number of hydrogen-bond donors (Lipinski definition) is 2. The smallest absolute Gasteiger partial charge is 0.317 e. The molecule has 96 valence electrons. The van der Waals surface area contributed by atoms with E-state index in [2.05, 4.69) is 5.32 Å². The number of thioether (sulfide) groups is 1. The molecule has 3 atom stereocenters. The van der Waals surface area contributed by atoms with Crippen LogP contribution in [0.2, 0.25) is 0 Å². The van der Waals surface area contributed by atoms with Crippen molar-refractivity contribution in [2.24, 2.45) is 0 Å². The van der Waals surface area contributed by atoms with Crippen molar-refractivity contribution < 1.29 is 14.7 Å². The third-order valence-electron chi connectivity index (χ3n) is 3.53. The molecule has 2 aliphatic heterocycles. The lowest BCUT2D eigenvalue weighted by Crippen LogP contribution is -2.37. The molecule has 3 unspecified atom stereocenters. The van der Waals surface area contributed by atoms with Gasteiger partial charge in [-0.2, -0.15) is 11.8 Å². The Bertz CT molecular complexity index is 324. The fourth-order valence-electron chi connectivity index (χ4n) is 2.50. The number of nitrogens with one attached hydrogen (secondary N) is 1. The molecule has 2 amide bonds. The number of hydrogen-bond acceptors (Lipinski definition) is 3. The number of carboxylic acids is 1. The van der Waals surface area contributed by atoms with Crippen LogP contribution in [0.1, 0.15) is 25.7 Å². The first-order chi connectivity index (χ1) is 8.09. The zero-order valence-electron chi connectivity index (χ0n) is 9.89. The molecule has 2 fully saturated rings. The normalized spacial score (nSPS) is 31.5. The summed E-state index contributed by atoms with van der Waals surface area (Å²) in [6.45, 7) is 0. The number of likely N-dealkylation sites (N-methyl/N-ethyl adjacent to an activating group) is 1. The Morgan fingerprint density at radius 2 is 2.35 bits per heavy atom. The molecule has 2 aliphatic rings. The SMILES string of the molecule is CN1C(=O)NC2C(CCCCC(=O)O)SCC21. The number of carbonyl (C=O) groups excluding carboxylic acids is 1. The summed E-state index contributed by atoms with van der Waals surface area (Å²) in [5, 5.41) is 12.0. The fourth-order valence-corrected chi connectivity index (χ4v) is 4.16. The van der Waals surface area contributed by atoms with Gasteiger partial charge in [0.2, 0.25) is 0 Å². The van der Waals surface area contributed by atoms with E-state index in [9.17, 15) is 9.59 Å². The number of carboxylic acid groups (broad SMARTS) is 1. The number of fused-ring (bicyclic) bond motifs is 1. The lowest BCUT2D eigenvalue weighted by atomic mass is 10.0. The summed E-state index contributed by atoms with van der Waals surface area (Å²) in [7, 11) is 1.84. The molecule has 0 saturated carbocycles. The zero-order valence-corrected chi connectivity index (χ0v) is 10.7. The maximum Gasteiger partial charge on any atom is 0.317 e. The first kappa shape index (κ1) is 12.5. The highest BCUT2D eigenvalue weighted by molar-refractivity contribution is 8.00. The van der Waals surface area contributed by atoms with Crippen LogP contribution in [0.25, 0.3) is 0 Å². The summed E-state index contributed by atoms with van der Waals surface area (Å²) in [6.07, 6.45) is 2.89. The van der Waals surface area contributed by atoms with Crippen LogP contribution >= 0.6 is 11.8 Å².